The van der Waals surface area contributed by atoms with Crippen LogP contribution in [0.25, 0.3) is 0 Å². The van der Waals surface area contributed by atoms with Crippen LogP contribution in [0.15, 0.2) is 23.2 Å². The molecule has 0 radical (unpaired) electrons. The van der Waals surface area contributed by atoms with Crippen molar-refractivity contribution in [2.45, 2.75) is 45.6 Å². The molecule has 0 bridgehead atoms. The number of aliphatic hydroxyl groups is 1. The van der Waals surface area contributed by atoms with Crippen molar-refractivity contribution in [3.05, 3.63) is 23.8 Å². The lowest BCUT2D eigenvalue weighted by molar-refractivity contribution is 0.0418. The van der Waals surface area contributed by atoms with Gasteiger partial charge in [-0.15, -0.1) is 24.0 Å². The van der Waals surface area contributed by atoms with Gasteiger partial charge in [-0.2, -0.15) is 0 Å². The molecular formula is C19H34IN3O3. The summed E-state index contributed by atoms with van der Waals surface area (Å²) >= 11 is 0. The maximum atomic E-state index is 10.4. The SMILES string of the molecule is CCNC(=NCC(O)(CC)CC)NCCc1ccc(OC)c(OC)c1.I. The van der Waals surface area contributed by atoms with Gasteiger partial charge in [-0.3, -0.25) is 4.99 Å². The van der Waals surface area contributed by atoms with Gasteiger partial charge in [-0.1, -0.05) is 19.9 Å². The van der Waals surface area contributed by atoms with Gasteiger partial charge < -0.3 is 25.2 Å². The number of rotatable bonds is 10. The molecule has 0 amide bonds. The van der Waals surface area contributed by atoms with Crippen LogP contribution in [-0.4, -0.2) is 50.5 Å². The van der Waals surface area contributed by atoms with Gasteiger partial charge in [0.25, 0.3) is 0 Å². The van der Waals surface area contributed by atoms with Crippen LogP contribution >= 0.6 is 24.0 Å². The first kappa shape index (κ1) is 24.8. The van der Waals surface area contributed by atoms with E-state index in [0.717, 1.165) is 42.5 Å². The van der Waals surface area contributed by atoms with Crippen molar-refractivity contribution in [3.8, 4) is 11.5 Å². The summed E-state index contributed by atoms with van der Waals surface area (Å²) in [5.74, 6) is 2.19. The lowest BCUT2D eigenvalue weighted by atomic mass is 9.98. The van der Waals surface area contributed by atoms with E-state index in [2.05, 4.69) is 15.6 Å². The Morgan fingerprint density at radius 3 is 2.27 bits per heavy atom. The highest BCUT2D eigenvalue weighted by Crippen LogP contribution is 2.27. The van der Waals surface area contributed by atoms with E-state index in [1.165, 1.54) is 0 Å². The Labute approximate surface area is 174 Å². The maximum Gasteiger partial charge on any atom is 0.191 e. The van der Waals surface area contributed by atoms with Gasteiger partial charge in [-0.25, -0.2) is 0 Å². The van der Waals surface area contributed by atoms with E-state index in [1.54, 1.807) is 14.2 Å². The van der Waals surface area contributed by atoms with Crippen LogP contribution in [0.1, 0.15) is 39.2 Å². The first-order chi connectivity index (χ1) is 12.0. The zero-order chi connectivity index (χ0) is 18.7. The first-order valence-electron chi connectivity index (χ1n) is 8.97. The molecule has 1 aromatic carbocycles. The third-order valence-electron chi connectivity index (χ3n) is 4.35. The molecule has 1 rings (SSSR count). The highest BCUT2D eigenvalue weighted by Gasteiger charge is 2.21. The molecule has 0 unspecified atom stereocenters. The van der Waals surface area contributed by atoms with Crippen molar-refractivity contribution in [1.82, 2.24) is 10.6 Å². The number of ether oxygens (including phenoxy) is 2. The van der Waals surface area contributed by atoms with Crippen LogP contribution in [0.4, 0.5) is 0 Å². The summed E-state index contributed by atoms with van der Waals surface area (Å²) in [5, 5.41) is 16.9. The Kier molecular flexibility index (Phi) is 12.4. The van der Waals surface area contributed by atoms with Crippen LogP contribution in [0.3, 0.4) is 0 Å². The highest BCUT2D eigenvalue weighted by molar-refractivity contribution is 14.0. The monoisotopic (exact) mass is 479 g/mol. The van der Waals surface area contributed by atoms with Crippen LogP contribution in [-0.2, 0) is 6.42 Å². The highest BCUT2D eigenvalue weighted by atomic mass is 127. The van der Waals surface area contributed by atoms with Gasteiger partial charge >= 0.3 is 0 Å². The Morgan fingerprint density at radius 1 is 1.08 bits per heavy atom. The average Bonchev–Trinajstić information content (AvgIpc) is 2.65. The van der Waals surface area contributed by atoms with Gasteiger partial charge in [0.15, 0.2) is 17.5 Å². The molecule has 0 aliphatic heterocycles. The fourth-order valence-corrected chi connectivity index (χ4v) is 2.40. The van der Waals surface area contributed by atoms with Crippen molar-refractivity contribution >= 4 is 29.9 Å². The van der Waals surface area contributed by atoms with E-state index in [-0.39, 0.29) is 24.0 Å². The standard InChI is InChI=1S/C19H33N3O3.HI/c1-6-19(23,7-2)14-22-18(20-8-3)21-12-11-15-9-10-16(24-4)17(13-15)25-5;/h9-10,13,23H,6-8,11-12,14H2,1-5H3,(H2,20,21,22);1H. The number of methoxy groups -OCH3 is 2. The minimum absolute atomic E-state index is 0. The van der Waals surface area contributed by atoms with E-state index in [1.807, 2.05) is 39.0 Å². The summed E-state index contributed by atoms with van der Waals surface area (Å²) in [6, 6.07) is 5.92. The number of guanidine groups is 1. The van der Waals surface area contributed by atoms with Gasteiger partial charge in [0, 0.05) is 13.1 Å². The zero-order valence-electron chi connectivity index (χ0n) is 16.6. The second-order valence-corrected chi connectivity index (χ2v) is 5.99. The molecule has 0 saturated carbocycles. The van der Waals surface area contributed by atoms with Crippen molar-refractivity contribution < 1.29 is 14.6 Å². The third kappa shape index (κ3) is 7.99. The van der Waals surface area contributed by atoms with Gasteiger partial charge in [0.2, 0.25) is 0 Å². The van der Waals surface area contributed by atoms with Crippen molar-refractivity contribution in [1.29, 1.82) is 0 Å². The predicted molar refractivity (Wildman–Crippen MR) is 118 cm³/mol. The average molecular weight is 479 g/mol. The van der Waals surface area contributed by atoms with Gasteiger partial charge in [-0.05, 0) is 43.9 Å². The summed E-state index contributed by atoms with van der Waals surface area (Å²) in [6.45, 7) is 7.90. The first-order valence-corrected chi connectivity index (χ1v) is 8.97. The molecule has 26 heavy (non-hydrogen) atoms. The lowest BCUT2D eigenvalue weighted by Crippen LogP contribution is -2.40. The lowest BCUT2D eigenvalue weighted by Gasteiger charge is -2.23. The van der Waals surface area contributed by atoms with Crippen molar-refractivity contribution in [2.75, 3.05) is 33.9 Å². The number of nitrogens with one attached hydrogen (secondary N) is 2. The number of hydrogen-bond acceptors (Lipinski definition) is 4. The second-order valence-electron chi connectivity index (χ2n) is 5.99. The van der Waals surface area contributed by atoms with Crippen molar-refractivity contribution in [2.24, 2.45) is 4.99 Å². The molecule has 0 aromatic heterocycles. The zero-order valence-corrected chi connectivity index (χ0v) is 18.9. The van der Waals surface area contributed by atoms with E-state index in [4.69, 9.17) is 9.47 Å². The molecule has 0 spiro atoms. The summed E-state index contributed by atoms with van der Waals surface area (Å²) in [4.78, 5) is 4.52. The topological polar surface area (TPSA) is 75.1 Å². The maximum absolute atomic E-state index is 10.4. The minimum atomic E-state index is -0.730. The van der Waals surface area contributed by atoms with Gasteiger partial charge in [0.05, 0.1) is 26.4 Å². The molecule has 7 heteroatoms. The number of aliphatic imine (C=N–C) groups is 1. The largest absolute Gasteiger partial charge is 0.493 e. The molecule has 6 nitrogen and oxygen atoms in total. The Morgan fingerprint density at radius 2 is 1.73 bits per heavy atom. The smallest absolute Gasteiger partial charge is 0.191 e. The summed E-state index contributed by atoms with van der Waals surface area (Å²) in [7, 11) is 3.27. The quantitative estimate of drug-likeness (QED) is 0.274. The van der Waals surface area contributed by atoms with E-state index in [9.17, 15) is 5.11 Å². The molecule has 3 N–H and O–H groups in total. The number of halogens is 1. The van der Waals surface area contributed by atoms with Crippen LogP contribution in [0.5, 0.6) is 11.5 Å². The van der Waals surface area contributed by atoms with Crippen molar-refractivity contribution in [3.63, 3.8) is 0 Å². The molecule has 0 saturated heterocycles. The molecular weight excluding hydrogens is 445 g/mol. The second kappa shape index (κ2) is 13.0. The van der Waals surface area contributed by atoms with E-state index >= 15 is 0 Å². The van der Waals surface area contributed by atoms with Gasteiger partial charge in [0.1, 0.15) is 0 Å². The van der Waals surface area contributed by atoms with E-state index < -0.39 is 5.60 Å². The Hall–Kier alpha value is -1.22. The van der Waals surface area contributed by atoms with E-state index in [0.29, 0.717) is 19.4 Å². The molecule has 0 atom stereocenters. The molecule has 0 fully saturated rings. The molecule has 0 aliphatic rings. The predicted octanol–water partition coefficient (Wildman–Crippen LogP) is 2.97. The Balaban J connectivity index is 0.00000625. The molecule has 0 heterocycles. The molecule has 1 aromatic rings. The fraction of sp³-hybridized carbons (Fsp3) is 0.632. The Bertz CT molecular complexity index is 549. The minimum Gasteiger partial charge on any atom is -0.493 e. The summed E-state index contributed by atoms with van der Waals surface area (Å²) in [5.41, 5.74) is 0.422. The number of hydrogen-bond donors (Lipinski definition) is 3. The molecule has 0 aliphatic carbocycles. The summed E-state index contributed by atoms with van der Waals surface area (Å²) < 4.78 is 10.6. The normalized spacial score (nSPS) is 11.5. The number of nitrogens with zero attached hydrogens (tertiary/aromatic N) is 1. The molecule has 150 valence electrons. The fourth-order valence-electron chi connectivity index (χ4n) is 2.40. The van der Waals surface area contributed by atoms with Crippen LogP contribution in [0.2, 0.25) is 0 Å². The van der Waals surface area contributed by atoms with Crippen LogP contribution < -0.4 is 20.1 Å². The third-order valence-corrected chi connectivity index (χ3v) is 4.35. The summed E-state index contributed by atoms with van der Waals surface area (Å²) in [6.07, 6.45) is 2.21. The number of benzene rings is 1. The van der Waals surface area contributed by atoms with Crippen LogP contribution in [0, 0.1) is 0 Å².